The van der Waals surface area contributed by atoms with Crippen LogP contribution in [0.5, 0.6) is 0 Å². The lowest BCUT2D eigenvalue weighted by molar-refractivity contribution is 0.0603. The molecule has 1 heterocycles. The van der Waals surface area contributed by atoms with Crippen molar-refractivity contribution in [1.29, 1.82) is 0 Å². The van der Waals surface area contributed by atoms with Crippen LogP contribution in [0.3, 0.4) is 0 Å². The van der Waals surface area contributed by atoms with E-state index in [2.05, 4.69) is 9.69 Å². The van der Waals surface area contributed by atoms with Gasteiger partial charge in [0.25, 0.3) is 0 Å². The van der Waals surface area contributed by atoms with Crippen LogP contribution in [0.2, 0.25) is 0 Å². The van der Waals surface area contributed by atoms with Crippen LogP contribution in [0.4, 0.5) is 10.8 Å². The van der Waals surface area contributed by atoms with Crippen molar-refractivity contribution in [3.05, 3.63) is 41.0 Å². The molecule has 1 aromatic carbocycles. The third-order valence-electron chi connectivity index (χ3n) is 2.97. The molecule has 1 aromatic heterocycles. The number of aromatic nitrogens is 1. The number of nitrogens with zero attached hydrogens (tertiary/aromatic N) is 1. The van der Waals surface area contributed by atoms with Crippen LogP contribution in [0, 0.1) is 0 Å². The van der Waals surface area contributed by atoms with Crippen molar-refractivity contribution in [1.82, 2.24) is 4.37 Å². The molecule has 0 radical (unpaired) electrons. The lowest BCUT2D eigenvalue weighted by Crippen LogP contribution is -2.09. The number of anilines is 2. The van der Waals surface area contributed by atoms with Crippen LogP contribution in [0.15, 0.2) is 24.3 Å². The largest absolute Gasteiger partial charge is 0.465 e. The van der Waals surface area contributed by atoms with Crippen molar-refractivity contribution in [2.24, 2.45) is 0 Å². The molecule has 0 unspecified atom stereocenters. The minimum atomic E-state index is -0.492. The molecule has 2 aromatic rings. The molecule has 7 heteroatoms. The zero-order valence-electron chi connectivity index (χ0n) is 11.9. The van der Waals surface area contributed by atoms with Crippen molar-refractivity contribution in [3.63, 3.8) is 0 Å². The third-order valence-corrected chi connectivity index (χ3v) is 3.78. The van der Waals surface area contributed by atoms with Gasteiger partial charge in [-0.05, 0) is 22.7 Å². The molecule has 0 amide bonds. The zero-order valence-corrected chi connectivity index (χ0v) is 12.7. The van der Waals surface area contributed by atoms with Crippen LogP contribution >= 0.6 is 11.5 Å². The fraction of sp³-hybridized carbons (Fsp3) is 0.286. The summed E-state index contributed by atoms with van der Waals surface area (Å²) in [4.78, 5) is 11.7. The number of nitrogen functional groups attached to an aromatic ring is 1. The molecular formula is C14H17N3O3S. The van der Waals surface area contributed by atoms with Gasteiger partial charge >= 0.3 is 5.97 Å². The van der Waals surface area contributed by atoms with Crippen LogP contribution in [-0.4, -0.2) is 24.6 Å². The maximum absolute atomic E-state index is 11.7. The number of carbonyl (C=O) groups excluding carboxylic acids is 1. The van der Waals surface area contributed by atoms with Gasteiger partial charge < -0.3 is 20.5 Å². The smallest absolute Gasteiger partial charge is 0.344 e. The van der Waals surface area contributed by atoms with Gasteiger partial charge in [0, 0.05) is 13.7 Å². The van der Waals surface area contributed by atoms with Crippen molar-refractivity contribution < 1.29 is 14.3 Å². The Balaban J connectivity index is 2.16. The molecule has 112 valence electrons. The van der Waals surface area contributed by atoms with Gasteiger partial charge in [-0.1, -0.05) is 24.3 Å². The maximum Gasteiger partial charge on any atom is 0.344 e. The number of hydrogen-bond acceptors (Lipinski definition) is 7. The van der Waals surface area contributed by atoms with E-state index in [1.165, 1.54) is 7.11 Å². The number of hydrogen-bond donors (Lipinski definition) is 2. The Morgan fingerprint density at radius 2 is 2.05 bits per heavy atom. The molecule has 2 rings (SSSR count). The van der Waals surface area contributed by atoms with E-state index < -0.39 is 5.97 Å². The number of ether oxygens (including phenoxy) is 2. The number of methoxy groups -OCH3 is 2. The van der Waals surface area contributed by atoms with Crippen LogP contribution in [-0.2, 0) is 22.6 Å². The Morgan fingerprint density at radius 3 is 2.71 bits per heavy atom. The first-order valence-electron chi connectivity index (χ1n) is 6.30. The van der Waals surface area contributed by atoms with Crippen LogP contribution < -0.4 is 11.1 Å². The van der Waals surface area contributed by atoms with E-state index in [-0.39, 0.29) is 11.4 Å². The SMILES string of the molecule is COCc1ccccc1CNc1snc(N)c1C(=O)OC. The van der Waals surface area contributed by atoms with Gasteiger partial charge in [-0.3, -0.25) is 0 Å². The summed E-state index contributed by atoms with van der Waals surface area (Å²) in [6, 6.07) is 7.92. The highest BCUT2D eigenvalue weighted by Crippen LogP contribution is 2.28. The molecule has 0 aliphatic heterocycles. The molecule has 21 heavy (non-hydrogen) atoms. The van der Waals surface area contributed by atoms with Crippen LogP contribution in [0.25, 0.3) is 0 Å². The van der Waals surface area contributed by atoms with Gasteiger partial charge in [0.15, 0.2) is 5.82 Å². The second kappa shape index (κ2) is 7.05. The van der Waals surface area contributed by atoms with Crippen LogP contribution in [0.1, 0.15) is 21.5 Å². The van der Waals surface area contributed by atoms with E-state index in [9.17, 15) is 4.79 Å². The Morgan fingerprint density at radius 1 is 1.33 bits per heavy atom. The molecule has 0 bridgehead atoms. The monoisotopic (exact) mass is 307 g/mol. The number of carbonyl (C=O) groups is 1. The molecule has 0 saturated heterocycles. The molecule has 0 atom stereocenters. The van der Waals surface area contributed by atoms with E-state index in [4.69, 9.17) is 15.2 Å². The van der Waals surface area contributed by atoms with Gasteiger partial charge in [-0.15, -0.1) is 0 Å². The summed E-state index contributed by atoms with van der Waals surface area (Å²) in [6.07, 6.45) is 0. The third kappa shape index (κ3) is 3.50. The Bertz CT molecular complexity index is 628. The summed E-state index contributed by atoms with van der Waals surface area (Å²) >= 11 is 1.14. The Labute approximate surface area is 127 Å². The van der Waals surface area contributed by atoms with E-state index in [1.54, 1.807) is 7.11 Å². The number of nitrogens with one attached hydrogen (secondary N) is 1. The summed E-state index contributed by atoms with van der Waals surface area (Å²) in [7, 11) is 2.97. The van der Waals surface area contributed by atoms with Crippen molar-refractivity contribution in [3.8, 4) is 0 Å². The molecule has 0 fully saturated rings. The molecule has 0 aliphatic rings. The zero-order chi connectivity index (χ0) is 15.2. The summed E-state index contributed by atoms with van der Waals surface area (Å²) in [6.45, 7) is 1.08. The summed E-state index contributed by atoms with van der Waals surface area (Å²) in [5.74, 6) is -0.312. The minimum Gasteiger partial charge on any atom is -0.465 e. The highest BCUT2D eigenvalue weighted by Gasteiger charge is 2.19. The Kier molecular flexibility index (Phi) is 5.13. The van der Waals surface area contributed by atoms with Gasteiger partial charge in [0.1, 0.15) is 10.6 Å². The first-order chi connectivity index (χ1) is 10.2. The lowest BCUT2D eigenvalue weighted by atomic mass is 10.1. The lowest BCUT2D eigenvalue weighted by Gasteiger charge is -2.10. The predicted molar refractivity (Wildman–Crippen MR) is 82.3 cm³/mol. The van der Waals surface area contributed by atoms with Crippen molar-refractivity contribution in [2.45, 2.75) is 13.2 Å². The molecule has 0 spiro atoms. The molecule has 0 saturated carbocycles. The fourth-order valence-corrected chi connectivity index (χ4v) is 2.62. The van der Waals surface area contributed by atoms with Crippen molar-refractivity contribution in [2.75, 3.05) is 25.3 Å². The van der Waals surface area contributed by atoms with Gasteiger partial charge in [0.05, 0.1) is 13.7 Å². The number of benzene rings is 1. The first-order valence-corrected chi connectivity index (χ1v) is 7.07. The minimum absolute atomic E-state index is 0.180. The quantitative estimate of drug-likeness (QED) is 0.796. The summed E-state index contributed by atoms with van der Waals surface area (Å²) in [5, 5.41) is 3.79. The standard InChI is InChI=1S/C14H17N3O3S/c1-19-8-10-6-4-3-5-9(10)7-16-13-11(14(18)20-2)12(15)17-21-13/h3-6,16H,7-8H2,1-2H3,(H2,15,17). The molecule has 3 N–H and O–H groups in total. The molecule has 6 nitrogen and oxygen atoms in total. The highest BCUT2D eigenvalue weighted by atomic mass is 32.1. The Hall–Kier alpha value is -2.12. The predicted octanol–water partition coefficient (Wildman–Crippen LogP) is 2.27. The number of nitrogens with two attached hydrogens (primary N) is 1. The van der Waals surface area contributed by atoms with Crippen molar-refractivity contribution >= 4 is 28.3 Å². The summed E-state index contributed by atoms with van der Waals surface area (Å²) < 4.78 is 13.9. The highest BCUT2D eigenvalue weighted by molar-refractivity contribution is 7.11. The van der Waals surface area contributed by atoms with Gasteiger partial charge in [-0.2, -0.15) is 4.37 Å². The molecular weight excluding hydrogens is 290 g/mol. The maximum atomic E-state index is 11.7. The van der Waals surface area contributed by atoms with E-state index >= 15 is 0 Å². The topological polar surface area (TPSA) is 86.5 Å². The van der Waals surface area contributed by atoms with Gasteiger partial charge in [0.2, 0.25) is 0 Å². The fourth-order valence-electron chi connectivity index (χ4n) is 1.92. The number of esters is 1. The summed E-state index contributed by atoms with van der Waals surface area (Å²) in [5.41, 5.74) is 8.16. The first kappa shape index (κ1) is 15.3. The van der Waals surface area contributed by atoms with Gasteiger partial charge in [-0.25, -0.2) is 4.79 Å². The molecule has 0 aliphatic carbocycles. The van der Waals surface area contributed by atoms with E-state index in [0.717, 1.165) is 22.7 Å². The average Bonchev–Trinajstić information content (AvgIpc) is 2.87. The van der Waals surface area contributed by atoms with E-state index in [1.807, 2.05) is 24.3 Å². The second-order valence-electron chi connectivity index (χ2n) is 4.32. The number of rotatable bonds is 6. The average molecular weight is 307 g/mol. The van der Waals surface area contributed by atoms with E-state index in [0.29, 0.717) is 18.2 Å². The normalized spacial score (nSPS) is 10.4. The second-order valence-corrected chi connectivity index (χ2v) is 5.09.